The van der Waals surface area contributed by atoms with E-state index < -0.39 is 0 Å². The summed E-state index contributed by atoms with van der Waals surface area (Å²) in [5, 5.41) is 0. The van der Waals surface area contributed by atoms with E-state index in [0.29, 0.717) is 0 Å². The summed E-state index contributed by atoms with van der Waals surface area (Å²) in [4.78, 5) is 0. The molecule has 0 saturated heterocycles. The van der Waals surface area contributed by atoms with Crippen LogP contribution in [0.2, 0.25) is 0 Å². The number of hydrogen-bond donors (Lipinski definition) is 0. The molecule has 0 nitrogen and oxygen atoms in total. The van der Waals surface area contributed by atoms with Crippen molar-refractivity contribution in [1.82, 2.24) is 0 Å². The van der Waals surface area contributed by atoms with Crippen LogP contribution >= 0.6 is 0 Å². The zero-order chi connectivity index (χ0) is 14.0. The van der Waals surface area contributed by atoms with E-state index in [4.69, 9.17) is 0 Å². The molecule has 0 aromatic rings. The van der Waals surface area contributed by atoms with Gasteiger partial charge in [0.1, 0.15) is 0 Å². The Kier molecular flexibility index (Phi) is 14.6. The van der Waals surface area contributed by atoms with Crippen LogP contribution < -0.4 is 0 Å². The van der Waals surface area contributed by atoms with E-state index in [-0.39, 0.29) is 0 Å². The largest absolute Gasteiger partial charge is 0.0991 e. The van der Waals surface area contributed by atoms with Gasteiger partial charge in [-0.05, 0) is 19.3 Å². The van der Waals surface area contributed by atoms with Crippen molar-refractivity contribution in [3.8, 4) is 0 Å². The van der Waals surface area contributed by atoms with Gasteiger partial charge >= 0.3 is 0 Å². The normalized spacial score (nSPS) is 13.3. The summed E-state index contributed by atoms with van der Waals surface area (Å²) < 4.78 is 0. The Bertz CT molecular complexity index is 359. The van der Waals surface area contributed by atoms with Crippen LogP contribution in [0.4, 0.5) is 0 Å². The molecule has 102 valence electrons. The highest BCUT2D eigenvalue weighted by Crippen LogP contribution is 1.96. The lowest BCUT2D eigenvalue weighted by Crippen LogP contribution is -1.65. The highest BCUT2D eigenvalue weighted by molar-refractivity contribution is 5.18. The first kappa shape index (κ1) is 17.2. The molecule has 19 heavy (non-hydrogen) atoms. The van der Waals surface area contributed by atoms with Crippen LogP contribution in [0.25, 0.3) is 0 Å². The number of unbranched alkanes of at least 4 members (excludes halogenated alkanes) is 2. The third kappa shape index (κ3) is 16.2. The minimum atomic E-state index is 1.11. The van der Waals surface area contributed by atoms with Crippen LogP contribution in [0.1, 0.15) is 32.6 Å². The average Bonchev–Trinajstić information content (AvgIpc) is 2.43. The van der Waals surface area contributed by atoms with Crippen LogP contribution in [0, 0.1) is 0 Å². The fraction of sp³-hybridized carbons (Fsp3) is 0.263. The first-order valence-electron chi connectivity index (χ1n) is 7.01. The van der Waals surface area contributed by atoms with Gasteiger partial charge in [0.25, 0.3) is 0 Å². The molecule has 0 atom stereocenters. The van der Waals surface area contributed by atoms with Crippen molar-refractivity contribution in [2.24, 2.45) is 0 Å². The third-order valence-electron chi connectivity index (χ3n) is 2.28. The highest BCUT2D eigenvalue weighted by atomic mass is 13.8. The summed E-state index contributed by atoms with van der Waals surface area (Å²) in [7, 11) is 0. The maximum absolute atomic E-state index is 3.60. The molecule has 0 aliphatic rings. The second-order valence-corrected chi connectivity index (χ2v) is 4.04. The quantitative estimate of drug-likeness (QED) is 0.251. The molecule has 0 rings (SSSR count). The Morgan fingerprint density at radius 3 is 1.63 bits per heavy atom. The molecule has 0 bridgehead atoms. The van der Waals surface area contributed by atoms with Gasteiger partial charge in [-0.1, -0.05) is 98.9 Å². The summed E-state index contributed by atoms with van der Waals surface area (Å²) in [6.07, 6.45) is 31.2. The van der Waals surface area contributed by atoms with Gasteiger partial charge in [0.05, 0.1) is 0 Å². The Morgan fingerprint density at radius 2 is 1.05 bits per heavy atom. The molecule has 0 saturated carbocycles. The predicted octanol–water partition coefficient (Wildman–Crippen LogP) is 6.09. The van der Waals surface area contributed by atoms with E-state index in [0.717, 1.165) is 12.8 Å². The maximum atomic E-state index is 3.60. The van der Waals surface area contributed by atoms with Gasteiger partial charge in [0, 0.05) is 0 Å². The molecule has 0 amide bonds. The van der Waals surface area contributed by atoms with Crippen molar-refractivity contribution in [2.75, 3.05) is 0 Å². The van der Waals surface area contributed by atoms with Gasteiger partial charge in [-0.3, -0.25) is 0 Å². The molecule has 0 N–H and O–H groups in total. The minimum absolute atomic E-state index is 1.11. The molecule has 0 aromatic heterocycles. The molecule has 0 spiro atoms. The Morgan fingerprint density at radius 1 is 0.579 bits per heavy atom. The topological polar surface area (TPSA) is 0 Å². The molecule has 0 aliphatic heterocycles. The van der Waals surface area contributed by atoms with Crippen molar-refractivity contribution in [1.29, 1.82) is 0 Å². The molecule has 0 fully saturated rings. The van der Waals surface area contributed by atoms with Crippen LogP contribution in [0.5, 0.6) is 0 Å². The van der Waals surface area contributed by atoms with E-state index in [1.165, 1.54) is 12.8 Å². The summed E-state index contributed by atoms with van der Waals surface area (Å²) >= 11 is 0. The first-order chi connectivity index (χ1) is 9.41. The fourth-order valence-corrected chi connectivity index (χ4v) is 1.30. The predicted molar refractivity (Wildman–Crippen MR) is 89.2 cm³/mol. The Labute approximate surface area is 118 Å². The van der Waals surface area contributed by atoms with Crippen LogP contribution in [-0.4, -0.2) is 0 Å². The lowest BCUT2D eigenvalue weighted by Gasteiger charge is -1.86. The molecule has 0 heterocycles. The molecule has 0 unspecified atom stereocenters. The standard InChI is InChI=1S/C19H26/c1-3-5-7-9-11-13-15-17-19-18-16-14-12-10-8-6-4-2/h3,5,7-11,13,15-19H,1,4,6,12,14H2,2H3/b7-5+,10-8+,11-9+,15-13+,18-16+,19-17+. The van der Waals surface area contributed by atoms with Gasteiger partial charge in [0.2, 0.25) is 0 Å². The van der Waals surface area contributed by atoms with Gasteiger partial charge in [-0.15, -0.1) is 0 Å². The molecule has 0 radical (unpaired) electrons. The van der Waals surface area contributed by atoms with Crippen molar-refractivity contribution in [3.63, 3.8) is 0 Å². The van der Waals surface area contributed by atoms with Gasteiger partial charge in [-0.25, -0.2) is 0 Å². The highest BCUT2D eigenvalue weighted by Gasteiger charge is 1.75. The second kappa shape index (κ2) is 16.2. The van der Waals surface area contributed by atoms with Crippen LogP contribution in [0.15, 0.2) is 85.6 Å². The molecule has 0 aliphatic carbocycles. The zero-order valence-electron chi connectivity index (χ0n) is 12.0. The molecule has 0 heteroatoms. The summed E-state index contributed by atoms with van der Waals surface area (Å²) in [6.45, 7) is 5.80. The SMILES string of the molecule is C=C/C=C/C=C/C=C/C=C/C=C/CC/C=C/CCC. The third-order valence-corrected chi connectivity index (χ3v) is 2.28. The summed E-state index contributed by atoms with van der Waals surface area (Å²) in [5.74, 6) is 0. The number of hydrogen-bond acceptors (Lipinski definition) is 0. The van der Waals surface area contributed by atoms with Crippen molar-refractivity contribution >= 4 is 0 Å². The first-order valence-corrected chi connectivity index (χ1v) is 7.01. The second-order valence-electron chi connectivity index (χ2n) is 4.04. The van der Waals surface area contributed by atoms with E-state index in [9.17, 15) is 0 Å². The maximum Gasteiger partial charge on any atom is -0.0313 e. The zero-order valence-corrected chi connectivity index (χ0v) is 12.0. The molecular formula is C19H26. The summed E-state index contributed by atoms with van der Waals surface area (Å²) in [5.41, 5.74) is 0. The smallest absolute Gasteiger partial charge is 0.0313 e. The number of allylic oxidation sites excluding steroid dienone is 13. The lowest BCUT2D eigenvalue weighted by atomic mass is 10.2. The van der Waals surface area contributed by atoms with E-state index >= 15 is 0 Å². The van der Waals surface area contributed by atoms with E-state index in [2.05, 4.69) is 43.9 Å². The fourth-order valence-electron chi connectivity index (χ4n) is 1.30. The van der Waals surface area contributed by atoms with E-state index in [1.807, 2.05) is 42.5 Å². The molecule has 0 aromatic carbocycles. The lowest BCUT2D eigenvalue weighted by molar-refractivity contribution is 0.943. The van der Waals surface area contributed by atoms with Crippen LogP contribution in [0.3, 0.4) is 0 Å². The van der Waals surface area contributed by atoms with Crippen LogP contribution in [-0.2, 0) is 0 Å². The Balaban J connectivity index is 3.61. The average molecular weight is 254 g/mol. The monoisotopic (exact) mass is 254 g/mol. The van der Waals surface area contributed by atoms with Gasteiger partial charge < -0.3 is 0 Å². The number of rotatable bonds is 10. The van der Waals surface area contributed by atoms with Gasteiger partial charge in [0.15, 0.2) is 0 Å². The summed E-state index contributed by atoms with van der Waals surface area (Å²) in [6, 6.07) is 0. The van der Waals surface area contributed by atoms with Gasteiger partial charge in [-0.2, -0.15) is 0 Å². The molecular weight excluding hydrogens is 228 g/mol. The van der Waals surface area contributed by atoms with Crippen molar-refractivity contribution in [2.45, 2.75) is 32.6 Å². The Hall–Kier alpha value is -1.82. The van der Waals surface area contributed by atoms with E-state index in [1.54, 1.807) is 6.08 Å². The minimum Gasteiger partial charge on any atom is -0.0991 e. The van der Waals surface area contributed by atoms with Crippen molar-refractivity contribution in [3.05, 3.63) is 85.6 Å². The van der Waals surface area contributed by atoms with Crippen molar-refractivity contribution < 1.29 is 0 Å².